The molecular formula is C13H11FIN. The summed E-state index contributed by atoms with van der Waals surface area (Å²) in [6.45, 7) is 0. The van der Waals surface area contributed by atoms with Crippen LogP contribution in [-0.4, -0.2) is 4.98 Å². The fraction of sp³-hybridized carbons (Fsp3) is 0.154. The van der Waals surface area contributed by atoms with Crippen molar-refractivity contribution in [3.8, 4) is 0 Å². The van der Waals surface area contributed by atoms with Crippen molar-refractivity contribution < 1.29 is 4.39 Å². The van der Waals surface area contributed by atoms with E-state index in [9.17, 15) is 4.39 Å². The van der Waals surface area contributed by atoms with Crippen LogP contribution >= 0.6 is 22.6 Å². The molecule has 0 unspecified atom stereocenters. The fourth-order valence-corrected chi connectivity index (χ4v) is 1.80. The van der Waals surface area contributed by atoms with E-state index in [1.165, 1.54) is 12.1 Å². The first-order valence-electron chi connectivity index (χ1n) is 5.09. The van der Waals surface area contributed by atoms with E-state index in [4.69, 9.17) is 0 Å². The zero-order valence-corrected chi connectivity index (χ0v) is 10.8. The van der Waals surface area contributed by atoms with Crippen LogP contribution in [-0.2, 0) is 12.8 Å². The average molecular weight is 327 g/mol. The number of nitrogens with zero attached hydrogens (tertiary/aromatic N) is 1. The van der Waals surface area contributed by atoms with Gasteiger partial charge in [0.1, 0.15) is 5.82 Å². The highest BCUT2D eigenvalue weighted by Crippen LogP contribution is 2.08. The summed E-state index contributed by atoms with van der Waals surface area (Å²) in [5.74, 6) is -0.184. The summed E-state index contributed by atoms with van der Waals surface area (Å²) in [4.78, 5) is 4.33. The van der Waals surface area contributed by atoms with Crippen LogP contribution < -0.4 is 0 Å². The SMILES string of the molecule is Fc1ccc(CCc2ccc(I)cn2)cc1. The molecule has 0 atom stereocenters. The molecule has 82 valence electrons. The summed E-state index contributed by atoms with van der Waals surface area (Å²) in [7, 11) is 0. The average Bonchev–Trinajstić information content (AvgIpc) is 2.30. The van der Waals surface area contributed by atoms with Crippen molar-refractivity contribution >= 4 is 22.6 Å². The molecule has 0 saturated heterocycles. The van der Waals surface area contributed by atoms with Gasteiger partial charge in [0.2, 0.25) is 0 Å². The maximum Gasteiger partial charge on any atom is 0.123 e. The normalized spacial score (nSPS) is 10.4. The Kier molecular flexibility index (Phi) is 3.88. The number of rotatable bonds is 3. The van der Waals surface area contributed by atoms with Crippen molar-refractivity contribution in [2.75, 3.05) is 0 Å². The Labute approximate surface area is 108 Å². The minimum atomic E-state index is -0.184. The highest BCUT2D eigenvalue weighted by atomic mass is 127. The summed E-state index contributed by atoms with van der Waals surface area (Å²) >= 11 is 2.24. The van der Waals surface area contributed by atoms with Gasteiger partial charge in [0.05, 0.1) is 0 Å². The molecule has 1 aromatic heterocycles. The minimum Gasteiger partial charge on any atom is -0.260 e. The maximum atomic E-state index is 12.7. The van der Waals surface area contributed by atoms with E-state index in [2.05, 4.69) is 27.6 Å². The molecule has 0 saturated carbocycles. The Morgan fingerprint density at radius 2 is 1.75 bits per heavy atom. The number of hydrogen-bond acceptors (Lipinski definition) is 1. The second-order valence-electron chi connectivity index (χ2n) is 3.59. The summed E-state index contributed by atoms with van der Waals surface area (Å²) in [6, 6.07) is 10.7. The molecule has 2 rings (SSSR count). The highest BCUT2D eigenvalue weighted by molar-refractivity contribution is 14.1. The van der Waals surface area contributed by atoms with Gasteiger partial charge in [-0.05, 0) is 65.3 Å². The van der Waals surface area contributed by atoms with E-state index >= 15 is 0 Å². The Bertz CT molecular complexity index is 405. The first-order chi connectivity index (χ1) is 7.74. The molecule has 0 aliphatic carbocycles. The third kappa shape index (κ3) is 3.27. The first-order valence-corrected chi connectivity index (χ1v) is 6.17. The largest absolute Gasteiger partial charge is 0.260 e. The zero-order valence-electron chi connectivity index (χ0n) is 8.66. The van der Waals surface area contributed by atoms with Crippen LogP contribution in [0.5, 0.6) is 0 Å². The quantitative estimate of drug-likeness (QED) is 0.785. The minimum absolute atomic E-state index is 0.184. The van der Waals surface area contributed by atoms with Crippen molar-refractivity contribution in [3.63, 3.8) is 0 Å². The van der Waals surface area contributed by atoms with Gasteiger partial charge in [-0.25, -0.2) is 4.39 Å². The Morgan fingerprint density at radius 1 is 1.00 bits per heavy atom. The van der Waals surface area contributed by atoms with Crippen LogP contribution in [0.25, 0.3) is 0 Å². The molecule has 0 N–H and O–H groups in total. The Balaban J connectivity index is 1.97. The van der Waals surface area contributed by atoms with Crippen LogP contribution in [0.2, 0.25) is 0 Å². The van der Waals surface area contributed by atoms with E-state index in [0.717, 1.165) is 27.7 Å². The molecule has 1 heterocycles. The van der Waals surface area contributed by atoms with Gasteiger partial charge in [-0.2, -0.15) is 0 Å². The van der Waals surface area contributed by atoms with Gasteiger partial charge in [0, 0.05) is 15.5 Å². The zero-order chi connectivity index (χ0) is 11.4. The summed E-state index contributed by atoms with van der Waals surface area (Å²) in [5, 5.41) is 0. The lowest BCUT2D eigenvalue weighted by atomic mass is 10.1. The molecule has 0 radical (unpaired) electrons. The standard InChI is InChI=1S/C13H11FIN/c14-11-4-1-10(2-5-11)3-7-13-8-6-12(15)9-16-13/h1-2,4-6,8-9H,3,7H2. The van der Waals surface area contributed by atoms with Gasteiger partial charge in [-0.1, -0.05) is 12.1 Å². The molecule has 0 amide bonds. The first kappa shape index (κ1) is 11.5. The predicted octanol–water partition coefficient (Wildman–Crippen LogP) is 3.61. The fourth-order valence-electron chi connectivity index (χ4n) is 1.48. The van der Waals surface area contributed by atoms with Gasteiger partial charge in [-0.3, -0.25) is 4.98 Å². The second-order valence-corrected chi connectivity index (χ2v) is 4.84. The molecule has 0 aliphatic rings. The Hall–Kier alpha value is -0.970. The van der Waals surface area contributed by atoms with Crippen molar-refractivity contribution in [2.24, 2.45) is 0 Å². The molecule has 0 spiro atoms. The van der Waals surface area contributed by atoms with Crippen molar-refractivity contribution in [3.05, 3.63) is 63.2 Å². The number of benzene rings is 1. The molecule has 0 aliphatic heterocycles. The van der Waals surface area contributed by atoms with Crippen LogP contribution in [0.4, 0.5) is 4.39 Å². The van der Waals surface area contributed by atoms with Crippen molar-refractivity contribution in [1.29, 1.82) is 0 Å². The van der Waals surface area contributed by atoms with E-state index in [0.29, 0.717) is 0 Å². The lowest BCUT2D eigenvalue weighted by Gasteiger charge is -2.01. The lowest BCUT2D eigenvalue weighted by molar-refractivity contribution is 0.627. The van der Waals surface area contributed by atoms with Crippen LogP contribution in [0, 0.1) is 9.39 Å². The number of pyridine rings is 1. The highest BCUT2D eigenvalue weighted by Gasteiger charge is 1.97. The van der Waals surface area contributed by atoms with Gasteiger partial charge >= 0.3 is 0 Å². The van der Waals surface area contributed by atoms with Gasteiger partial charge in [0.15, 0.2) is 0 Å². The molecule has 2 aromatic rings. The van der Waals surface area contributed by atoms with Gasteiger partial charge < -0.3 is 0 Å². The Morgan fingerprint density at radius 3 is 2.38 bits per heavy atom. The maximum absolute atomic E-state index is 12.7. The molecule has 0 bridgehead atoms. The van der Waals surface area contributed by atoms with Crippen molar-refractivity contribution in [1.82, 2.24) is 4.98 Å². The molecule has 1 aromatic carbocycles. The molecule has 3 heteroatoms. The van der Waals surface area contributed by atoms with E-state index in [1.54, 1.807) is 0 Å². The van der Waals surface area contributed by atoms with Crippen molar-refractivity contribution in [2.45, 2.75) is 12.8 Å². The van der Waals surface area contributed by atoms with E-state index in [1.807, 2.05) is 30.5 Å². The number of aryl methyl sites for hydroxylation is 2. The predicted molar refractivity (Wildman–Crippen MR) is 70.8 cm³/mol. The summed E-state index contributed by atoms with van der Waals surface area (Å²) < 4.78 is 13.8. The smallest absolute Gasteiger partial charge is 0.123 e. The number of aromatic nitrogens is 1. The molecular weight excluding hydrogens is 316 g/mol. The van der Waals surface area contributed by atoms with E-state index in [-0.39, 0.29) is 5.82 Å². The van der Waals surface area contributed by atoms with E-state index < -0.39 is 0 Å². The number of hydrogen-bond donors (Lipinski definition) is 0. The molecule has 0 fully saturated rings. The third-order valence-corrected chi connectivity index (χ3v) is 3.01. The van der Waals surface area contributed by atoms with Crippen LogP contribution in [0.1, 0.15) is 11.3 Å². The van der Waals surface area contributed by atoms with Gasteiger partial charge in [0.25, 0.3) is 0 Å². The lowest BCUT2D eigenvalue weighted by Crippen LogP contribution is -1.94. The third-order valence-electron chi connectivity index (χ3n) is 2.37. The monoisotopic (exact) mass is 327 g/mol. The molecule has 1 nitrogen and oxygen atoms in total. The van der Waals surface area contributed by atoms with Crippen LogP contribution in [0.15, 0.2) is 42.6 Å². The molecule has 16 heavy (non-hydrogen) atoms. The second kappa shape index (κ2) is 5.39. The summed E-state index contributed by atoms with van der Waals surface area (Å²) in [6.07, 6.45) is 3.65. The topological polar surface area (TPSA) is 12.9 Å². The number of halogens is 2. The van der Waals surface area contributed by atoms with Gasteiger partial charge in [-0.15, -0.1) is 0 Å². The van der Waals surface area contributed by atoms with Crippen LogP contribution in [0.3, 0.4) is 0 Å². The summed E-state index contributed by atoms with van der Waals surface area (Å²) in [5.41, 5.74) is 2.21.